The van der Waals surface area contributed by atoms with Gasteiger partial charge in [-0.2, -0.15) is 0 Å². The maximum absolute atomic E-state index is 6.32. The molecular weight excluding hydrogens is 228 g/mol. The van der Waals surface area contributed by atoms with Gasteiger partial charge in [0.2, 0.25) is 0 Å². The van der Waals surface area contributed by atoms with Crippen LogP contribution in [-0.4, -0.2) is 5.88 Å². The van der Waals surface area contributed by atoms with Crippen molar-refractivity contribution < 1.29 is 0 Å². The average Bonchev–Trinajstić information content (AvgIpc) is 2.37. The van der Waals surface area contributed by atoms with Crippen LogP contribution in [0.4, 0.5) is 0 Å². The van der Waals surface area contributed by atoms with Gasteiger partial charge in [-0.25, -0.2) is 0 Å². The molecule has 0 spiro atoms. The zero-order chi connectivity index (χ0) is 12.7. The Hall–Kier alpha value is 0.290. The Morgan fingerprint density at radius 2 is 1.82 bits per heavy atom. The summed E-state index contributed by atoms with van der Waals surface area (Å²) in [5.41, 5.74) is 0.473. The van der Waals surface area contributed by atoms with E-state index in [4.69, 9.17) is 11.6 Å². The average molecular weight is 259 g/mol. The van der Waals surface area contributed by atoms with Crippen molar-refractivity contribution in [2.75, 3.05) is 5.88 Å². The van der Waals surface area contributed by atoms with E-state index in [1.54, 1.807) is 0 Å². The SMILES string of the molecule is CCCCC1CCC(CCl)(C(C)CCC)CC1. The maximum Gasteiger partial charge on any atom is 0.0282 e. The molecule has 0 radical (unpaired) electrons. The molecule has 0 amide bonds. The quantitative estimate of drug-likeness (QED) is 0.489. The first-order valence-electron chi connectivity index (χ1n) is 7.74. The Morgan fingerprint density at radius 3 is 2.29 bits per heavy atom. The van der Waals surface area contributed by atoms with Gasteiger partial charge in [0.15, 0.2) is 0 Å². The van der Waals surface area contributed by atoms with Crippen LogP contribution in [0.25, 0.3) is 0 Å². The smallest absolute Gasteiger partial charge is 0.0282 e. The number of hydrogen-bond donors (Lipinski definition) is 0. The van der Waals surface area contributed by atoms with Crippen molar-refractivity contribution in [2.24, 2.45) is 17.3 Å². The number of unbranched alkanes of at least 4 members (excludes halogenated alkanes) is 1. The second-order valence-corrected chi connectivity index (χ2v) is 6.54. The number of rotatable bonds is 7. The van der Waals surface area contributed by atoms with Gasteiger partial charge >= 0.3 is 0 Å². The topological polar surface area (TPSA) is 0 Å². The molecule has 17 heavy (non-hydrogen) atoms. The van der Waals surface area contributed by atoms with E-state index in [-0.39, 0.29) is 0 Å². The third-order valence-corrected chi connectivity index (χ3v) is 5.63. The van der Waals surface area contributed by atoms with E-state index in [0.717, 1.165) is 17.7 Å². The highest BCUT2D eigenvalue weighted by Crippen LogP contribution is 2.47. The molecule has 0 saturated heterocycles. The predicted octanol–water partition coefficient (Wildman–Crippen LogP) is 6.03. The zero-order valence-electron chi connectivity index (χ0n) is 12.1. The fourth-order valence-electron chi connectivity index (χ4n) is 3.53. The Bertz CT molecular complexity index is 192. The van der Waals surface area contributed by atoms with Gasteiger partial charge in [-0.1, -0.05) is 52.9 Å². The number of halogens is 1. The lowest BCUT2D eigenvalue weighted by Gasteiger charge is -2.43. The summed E-state index contributed by atoms with van der Waals surface area (Å²) in [6.07, 6.45) is 12.5. The maximum atomic E-state index is 6.32. The van der Waals surface area contributed by atoms with E-state index >= 15 is 0 Å². The highest BCUT2D eigenvalue weighted by atomic mass is 35.5. The minimum absolute atomic E-state index is 0.473. The second kappa shape index (κ2) is 7.67. The summed E-state index contributed by atoms with van der Waals surface area (Å²) in [5.74, 6) is 2.70. The highest BCUT2D eigenvalue weighted by Gasteiger charge is 2.38. The van der Waals surface area contributed by atoms with Gasteiger partial charge in [0, 0.05) is 5.88 Å². The zero-order valence-corrected chi connectivity index (χ0v) is 12.9. The van der Waals surface area contributed by atoms with Crippen molar-refractivity contribution in [2.45, 2.75) is 78.6 Å². The Balaban J connectivity index is 2.45. The van der Waals surface area contributed by atoms with Crippen molar-refractivity contribution in [3.8, 4) is 0 Å². The van der Waals surface area contributed by atoms with Crippen LogP contribution in [0.1, 0.15) is 78.6 Å². The molecule has 102 valence electrons. The molecular formula is C16H31Cl. The van der Waals surface area contributed by atoms with Gasteiger partial charge < -0.3 is 0 Å². The van der Waals surface area contributed by atoms with Gasteiger partial charge in [0.05, 0.1) is 0 Å². The van der Waals surface area contributed by atoms with E-state index in [2.05, 4.69) is 20.8 Å². The van der Waals surface area contributed by atoms with Crippen molar-refractivity contribution in [3.63, 3.8) is 0 Å². The van der Waals surface area contributed by atoms with Crippen molar-refractivity contribution in [1.29, 1.82) is 0 Å². The van der Waals surface area contributed by atoms with Gasteiger partial charge in [-0.15, -0.1) is 11.6 Å². The van der Waals surface area contributed by atoms with Crippen molar-refractivity contribution in [3.05, 3.63) is 0 Å². The van der Waals surface area contributed by atoms with E-state index in [1.165, 1.54) is 57.8 Å². The van der Waals surface area contributed by atoms with Crippen LogP contribution >= 0.6 is 11.6 Å². The molecule has 1 saturated carbocycles. The number of alkyl halides is 1. The highest BCUT2D eigenvalue weighted by molar-refractivity contribution is 6.18. The summed E-state index contributed by atoms with van der Waals surface area (Å²) in [4.78, 5) is 0. The van der Waals surface area contributed by atoms with Gasteiger partial charge in [-0.3, -0.25) is 0 Å². The molecule has 1 aliphatic rings. The van der Waals surface area contributed by atoms with Gasteiger partial charge in [0.1, 0.15) is 0 Å². The molecule has 1 heteroatoms. The molecule has 1 unspecified atom stereocenters. The van der Waals surface area contributed by atoms with Gasteiger partial charge in [0.25, 0.3) is 0 Å². The summed E-state index contributed by atoms with van der Waals surface area (Å²) in [7, 11) is 0. The van der Waals surface area contributed by atoms with E-state index in [1.807, 2.05) is 0 Å². The molecule has 0 nitrogen and oxygen atoms in total. The first kappa shape index (κ1) is 15.3. The van der Waals surface area contributed by atoms with E-state index in [9.17, 15) is 0 Å². The Labute approximate surface area is 114 Å². The van der Waals surface area contributed by atoms with Crippen LogP contribution in [0.3, 0.4) is 0 Å². The minimum atomic E-state index is 0.473. The van der Waals surface area contributed by atoms with E-state index < -0.39 is 0 Å². The van der Waals surface area contributed by atoms with Crippen molar-refractivity contribution >= 4 is 11.6 Å². The molecule has 0 aliphatic heterocycles. The van der Waals surface area contributed by atoms with Crippen LogP contribution in [0.5, 0.6) is 0 Å². The lowest BCUT2D eigenvalue weighted by atomic mass is 9.63. The lowest BCUT2D eigenvalue weighted by molar-refractivity contribution is 0.0965. The molecule has 1 fully saturated rings. The molecule has 0 heterocycles. The lowest BCUT2D eigenvalue weighted by Crippen LogP contribution is -2.35. The molecule has 0 aromatic heterocycles. The van der Waals surface area contributed by atoms with Crippen LogP contribution < -0.4 is 0 Å². The third-order valence-electron chi connectivity index (χ3n) is 5.10. The second-order valence-electron chi connectivity index (χ2n) is 6.27. The molecule has 1 atom stereocenters. The summed E-state index contributed by atoms with van der Waals surface area (Å²) in [6.45, 7) is 7.03. The molecule has 0 bridgehead atoms. The minimum Gasteiger partial charge on any atom is -0.126 e. The first-order chi connectivity index (χ1) is 8.18. The van der Waals surface area contributed by atoms with Crippen LogP contribution in [0.2, 0.25) is 0 Å². The summed E-state index contributed by atoms with van der Waals surface area (Å²) >= 11 is 6.32. The monoisotopic (exact) mass is 258 g/mol. The first-order valence-corrected chi connectivity index (χ1v) is 8.28. The standard InChI is InChI=1S/C16H31Cl/c1-4-6-8-15-9-11-16(13-17,12-10-15)14(3)7-5-2/h14-15H,4-13H2,1-3H3. The Kier molecular flexibility index (Phi) is 6.92. The molecule has 0 aromatic carbocycles. The van der Waals surface area contributed by atoms with Gasteiger partial charge in [-0.05, 0) is 42.9 Å². The summed E-state index contributed by atoms with van der Waals surface area (Å²) < 4.78 is 0. The van der Waals surface area contributed by atoms with E-state index in [0.29, 0.717) is 5.41 Å². The molecule has 0 aromatic rings. The Morgan fingerprint density at radius 1 is 1.18 bits per heavy atom. The summed E-state index contributed by atoms with van der Waals surface area (Å²) in [6, 6.07) is 0. The predicted molar refractivity (Wildman–Crippen MR) is 78.7 cm³/mol. The molecule has 0 N–H and O–H groups in total. The van der Waals surface area contributed by atoms with Crippen LogP contribution in [0.15, 0.2) is 0 Å². The number of hydrogen-bond acceptors (Lipinski definition) is 0. The fourth-order valence-corrected chi connectivity index (χ4v) is 4.06. The van der Waals surface area contributed by atoms with Crippen LogP contribution in [0, 0.1) is 17.3 Å². The third kappa shape index (κ3) is 4.16. The normalized spacial score (nSPS) is 31.4. The molecule has 1 aliphatic carbocycles. The fraction of sp³-hybridized carbons (Fsp3) is 1.00. The molecule has 1 rings (SSSR count). The van der Waals surface area contributed by atoms with Crippen LogP contribution in [-0.2, 0) is 0 Å². The largest absolute Gasteiger partial charge is 0.126 e. The van der Waals surface area contributed by atoms with Crippen molar-refractivity contribution in [1.82, 2.24) is 0 Å². The summed E-state index contributed by atoms with van der Waals surface area (Å²) in [5, 5.41) is 0.